The maximum absolute atomic E-state index is 13.4. The van der Waals surface area contributed by atoms with Gasteiger partial charge in [0.2, 0.25) is 0 Å². The van der Waals surface area contributed by atoms with Crippen molar-refractivity contribution < 1.29 is 117 Å². The number of carboxylic acids is 1. The highest BCUT2D eigenvalue weighted by atomic mass is 19.4. The first-order valence-corrected chi connectivity index (χ1v) is 45.2. The van der Waals surface area contributed by atoms with Crippen LogP contribution < -0.4 is 5.73 Å². The fraction of sp³-hybridized carbons (Fsp3) is 0.475. The molecule has 5 amide bonds. The molecule has 0 aliphatic heterocycles. The highest BCUT2D eigenvalue weighted by Crippen LogP contribution is 2.47. The molecule has 0 spiro atoms. The van der Waals surface area contributed by atoms with Gasteiger partial charge in [-0.1, -0.05) is 84.9 Å². The summed E-state index contributed by atoms with van der Waals surface area (Å²) >= 11 is 0. The van der Waals surface area contributed by atoms with Crippen molar-refractivity contribution in [3.05, 3.63) is 272 Å². The van der Waals surface area contributed by atoms with E-state index in [4.69, 9.17) is 15.6 Å². The summed E-state index contributed by atoms with van der Waals surface area (Å²) < 4.78 is 162. The Labute approximate surface area is 765 Å². The quantitative estimate of drug-likeness (QED) is 0.0256. The molecule has 32 heteroatoms. The molecule has 6 aliphatic carbocycles. The topological polar surface area (TPSA) is 295 Å². The van der Waals surface area contributed by atoms with Crippen molar-refractivity contribution in [1.82, 2.24) is 29.6 Å². The van der Waals surface area contributed by atoms with Crippen LogP contribution in [0.2, 0.25) is 0 Å². The van der Waals surface area contributed by atoms with Gasteiger partial charge in [-0.05, 0) is 324 Å². The van der Waals surface area contributed by atoms with Crippen LogP contribution in [-0.2, 0) is 27.1 Å². The van der Waals surface area contributed by atoms with E-state index < -0.39 is 59.0 Å². The fourth-order valence-electron chi connectivity index (χ4n) is 18.7. The number of nitrogens with zero attached hydrogens (tertiary/aromatic N) is 6. The second kappa shape index (κ2) is 42.6. The number of methoxy groups -OCH3 is 1. The zero-order valence-electron chi connectivity index (χ0n) is 75.2. The van der Waals surface area contributed by atoms with Crippen molar-refractivity contribution in [2.45, 2.75) is 283 Å². The number of pyridine rings is 2. The van der Waals surface area contributed by atoms with Gasteiger partial charge in [0.25, 0.3) is 29.5 Å². The zero-order chi connectivity index (χ0) is 97.1. The maximum Gasteiger partial charge on any atom is 0.421 e. The van der Waals surface area contributed by atoms with Gasteiger partial charge >= 0.3 is 36.6 Å². The van der Waals surface area contributed by atoms with Gasteiger partial charge in [-0.2, -0.15) is 52.7 Å². The van der Waals surface area contributed by atoms with Crippen LogP contribution in [-0.4, -0.2) is 178 Å². The molecule has 7 N–H and O–H groups in total. The second-order valence-corrected chi connectivity index (χ2v) is 36.1. The molecule has 0 unspecified atom stereocenters. The third kappa shape index (κ3) is 24.0. The normalized spacial score (nSPS) is 21.8. The summed E-state index contributed by atoms with van der Waals surface area (Å²) in [6.45, 7) is 7.54. The number of benzene rings is 6. The summed E-state index contributed by atoms with van der Waals surface area (Å²) in [5.74, 6) is -1.54. The van der Waals surface area contributed by atoms with Gasteiger partial charge in [-0.25, -0.2) is 9.59 Å². The maximum atomic E-state index is 13.4. The van der Waals surface area contributed by atoms with Gasteiger partial charge in [0, 0.05) is 95.6 Å². The Bertz CT molecular complexity index is 5250. The van der Waals surface area contributed by atoms with E-state index in [1.165, 1.54) is 67.8 Å². The molecule has 6 fully saturated rings. The number of rotatable bonds is 23. The first-order chi connectivity index (χ1) is 62.6. The molecule has 716 valence electrons. The number of nitrogens with two attached hydrogens (primary N) is 1. The molecule has 0 saturated heterocycles. The predicted molar refractivity (Wildman–Crippen MR) is 473 cm³/mol. The Morgan fingerprint density at radius 2 is 0.647 bits per heavy atom. The number of alkyl halides is 12. The van der Waals surface area contributed by atoms with Crippen molar-refractivity contribution in [1.29, 1.82) is 0 Å². The molecule has 133 heavy (non-hydrogen) atoms. The highest BCUT2D eigenvalue weighted by Gasteiger charge is 2.55. The fourth-order valence-corrected chi connectivity index (χ4v) is 18.7. The van der Waals surface area contributed by atoms with Crippen molar-refractivity contribution in [3.8, 4) is 0 Å². The lowest BCUT2D eigenvalue weighted by atomic mass is 9.80. The van der Waals surface area contributed by atoms with Crippen LogP contribution >= 0.6 is 0 Å². The minimum atomic E-state index is -4.82. The number of primary amides is 1. The minimum absolute atomic E-state index is 0.0166. The predicted octanol–water partition coefficient (Wildman–Crippen LogP) is 20.6. The van der Waals surface area contributed by atoms with Crippen molar-refractivity contribution in [2.75, 3.05) is 20.2 Å². The molecule has 2 aromatic heterocycles. The van der Waals surface area contributed by atoms with Crippen LogP contribution in [0.1, 0.15) is 317 Å². The Kier molecular flexibility index (Phi) is 32.8. The number of hydrogen-bond acceptors (Lipinski definition) is 14. The summed E-state index contributed by atoms with van der Waals surface area (Å²) in [5.41, 5.74) is -1.18. The summed E-state index contributed by atoms with van der Waals surface area (Å²) in [5, 5.41) is 48.5. The number of ether oxygens (including phenoxy) is 1. The molecule has 8 aromatic rings. The number of hydrogen-bond donors (Lipinski definition) is 6. The summed E-state index contributed by atoms with van der Waals surface area (Å²) in [4.78, 5) is 103. The molecule has 4 atom stereocenters. The molecular weight excluding hydrogens is 1750 g/mol. The largest absolute Gasteiger partial charge is 0.478 e. The van der Waals surface area contributed by atoms with Crippen LogP contribution in [0.5, 0.6) is 0 Å². The molecule has 14 rings (SSSR count). The third-order valence-electron chi connectivity index (χ3n) is 27.6. The Morgan fingerprint density at radius 3 is 0.932 bits per heavy atom. The highest BCUT2D eigenvalue weighted by molar-refractivity contribution is 5.97. The van der Waals surface area contributed by atoms with Crippen LogP contribution in [0.15, 0.2) is 188 Å². The summed E-state index contributed by atoms with van der Waals surface area (Å²) in [6.07, 6.45) is 2.39. The van der Waals surface area contributed by atoms with E-state index in [0.717, 1.165) is 201 Å². The summed E-state index contributed by atoms with van der Waals surface area (Å²) in [6, 6.07) is 44.7. The van der Waals surface area contributed by atoms with Crippen LogP contribution in [0.25, 0.3) is 0 Å². The van der Waals surface area contributed by atoms with E-state index >= 15 is 0 Å². The lowest BCUT2D eigenvalue weighted by molar-refractivity contribution is -0.259. The number of aliphatic hydroxyl groups is 4. The molecule has 20 nitrogen and oxygen atoms in total. The number of aromatic nitrogens is 2. The van der Waals surface area contributed by atoms with E-state index in [1.807, 2.05) is 72.3 Å². The van der Waals surface area contributed by atoms with E-state index in [0.29, 0.717) is 73.9 Å². The molecule has 6 saturated carbocycles. The zero-order valence-corrected chi connectivity index (χ0v) is 75.2. The van der Waals surface area contributed by atoms with E-state index in [1.54, 1.807) is 46.3 Å². The Balaban J connectivity index is 0.000000171. The van der Waals surface area contributed by atoms with Crippen LogP contribution in [0.3, 0.4) is 0 Å². The third-order valence-corrected chi connectivity index (χ3v) is 27.6. The number of esters is 1. The van der Waals surface area contributed by atoms with E-state index in [2.05, 4.69) is 16.0 Å². The van der Waals surface area contributed by atoms with Crippen molar-refractivity contribution in [2.24, 2.45) is 5.73 Å². The standard InChI is InChI=1S/C26H30F3NO4.C25H28F3N3O3.C25H29F3N2O2.C25H28F3NO4/c1-4-30(23(31)19-9-13-21(14-10-19)25(2,33)26(27,28)29)22-15-11-18(12-16-22)17-5-7-20(8-6-17)24(32)34-3;1-24(34,25(26,27)28)17-8-4-16(5-9-17)23(33)31(19-12-13-19)18-10-6-15(7-11-18)20-3-2-14-30-21(20)22(29)32;1-24(32,25(26,27)28)19-12-8-18(9-13-19)23(31)30(20-5-4-6-20)21-14-10-17(11-15-21)22-7-2-3-16-29-22;1-3-29(22(30)18-8-12-20(13-9-18)24(2,33)25(26,27)28)21-14-10-17(11-15-21)16-4-6-19(7-5-16)23(31)32/h5-10,13-14,18,22,33H,4,11-12,15-16H2,1-3H3;2-5,8-9,14-15,18-19,34H,6-7,10-13H2,1H3,(H2,29,32);2-3,7-9,12-13,16-17,20-21,32H,4-6,10-11,14-15H2,1H3;4-9,12-13,17,21,33H,3,10-11,14-15H2,1-2H3,(H,31,32)/t18?,22?,25-;15?,18?,24-;2*17?,21?,24-/m0000/s1. The Morgan fingerprint density at radius 1 is 0.353 bits per heavy atom. The van der Waals surface area contributed by atoms with Gasteiger partial charge in [-0.15, -0.1) is 0 Å². The van der Waals surface area contributed by atoms with Crippen molar-refractivity contribution >= 4 is 41.5 Å². The lowest BCUT2D eigenvalue weighted by Gasteiger charge is -2.45. The monoisotopic (exact) mass is 1860 g/mol. The van der Waals surface area contributed by atoms with Gasteiger partial charge in [0.1, 0.15) is 5.69 Å². The van der Waals surface area contributed by atoms with E-state index in [9.17, 15) is 107 Å². The first kappa shape index (κ1) is 102. The smallest absolute Gasteiger partial charge is 0.421 e. The molecule has 0 bridgehead atoms. The minimum Gasteiger partial charge on any atom is -0.478 e. The average Bonchev–Trinajstić information content (AvgIpc) is 1.77. The van der Waals surface area contributed by atoms with Crippen molar-refractivity contribution in [3.63, 3.8) is 0 Å². The molecular formula is C101H115F12N7O13. The van der Waals surface area contributed by atoms with Gasteiger partial charge in [-0.3, -0.25) is 33.9 Å². The molecule has 6 aliphatic rings. The second-order valence-electron chi connectivity index (χ2n) is 36.1. The number of carbonyl (C=O) groups excluding carboxylic acids is 6. The van der Waals surface area contributed by atoms with Gasteiger partial charge in [0.15, 0.2) is 22.4 Å². The molecule has 2 heterocycles. The SMILES string of the molecule is CCN(C(=O)c1ccc([C@](C)(O)C(F)(F)F)cc1)C1CCC(c2ccc(C(=O)O)cc2)CC1.CCN(C(=O)c1ccc([C@](C)(O)C(F)(F)F)cc1)C1CCC(c2ccc(C(=O)OC)cc2)CC1.C[C@](O)(c1ccc(C(=O)N(C2CCC(c3cccnc3C(N)=O)CC2)C2CC2)cc1)C(F)(F)F.C[C@](O)(c1ccc(C(=O)N(C2CCC2)C2CCC(c3ccccn3)CC2)cc1)C(F)(F)F. The molecule has 6 aromatic carbocycles. The number of aromatic carboxylic acids is 1. The van der Waals surface area contributed by atoms with Gasteiger partial charge in [0.05, 0.1) is 18.2 Å². The number of halogens is 12. The number of carbonyl (C=O) groups is 7. The first-order valence-electron chi connectivity index (χ1n) is 45.2. The lowest BCUT2D eigenvalue weighted by Crippen LogP contribution is -2.51. The number of amides is 5. The van der Waals surface area contributed by atoms with Crippen LogP contribution in [0.4, 0.5) is 52.7 Å². The summed E-state index contributed by atoms with van der Waals surface area (Å²) in [7, 11) is 1.35. The van der Waals surface area contributed by atoms with Crippen LogP contribution in [0, 0.1) is 0 Å². The van der Waals surface area contributed by atoms with Gasteiger partial charge < -0.3 is 55.6 Å². The average molecular weight is 1860 g/mol. The number of carboxylic acid groups (broad SMARTS) is 1. The Hall–Kier alpha value is -11.1. The van der Waals surface area contributed by atoms with E-state index in [-0.39, 0.29) is 111 Å². The molecule has 0 radical (unpaired) electrons.